The number of nitrogens with one attached hydrogen (secondary N) is 1. The van der Waals surface area contributed by atoms with Gasteiger partial charge >= 0.3 is 0 Å². The van der Waals surface area contributed by atoms with Crippen LogP contribution in [0.15, 0.2) is 73.2 Å². The highest BCUT2D eigenvalue weighted by molar-refractivity contribution is 7.88. The summed E-state index contributed by atoms with van der Waals surface area (Å²) in [6.45, 7) is 0.854. The van der Waals surface area contributed by atoms with Crippen LogP contribution in [-0.2, 0) is 22.3 Å². The fraction of sp³-hybridized carbons (Fsp3) is 0.320. The zero-order valence-electron chi connectivity index (χ0n) is 17.8. The number of fused-ring (bicyclic) bond motifs is 3. The molecule has 7 heteroatoms. The second-order valence-corrected chi connectivity index (χ2v) is 11.0. The van der Waals surface area contributed by atoms with Crippen LogP contribution in [0.3, 0.4) is 0 Å². The topological polar surface area (TPSA) is 71.0 Å². The second kappa shape index (κ2) is 7.60. The van der Waals surface area contributed by atoms with Gasteiger partial charge in [0.05, 0.1) is 11.9 Å². The van der Waals surface area contributed by atoms with Gasteiger partial charge in [-0.15, -0.1) is 0 Å². The van der Waals surface area contributed by atoms with Crippen molar-refractivity contribution in [2.45, 2.75) is 43.6 Å². The first-order chi connectivity index (χ1) is 15.6. The number of sulfonamides is 1. The van der Waals surface area contributed by atoms with Gasteiger partial charge in [0.25, 0.3) is 0 Å². The second-order valence-electron chi connectivity index (χ2n) is 9.09. The smallest absolute Gasteiger partial charge is 0.218 e. The molecule has 4 aromatic rings. The summed E-state index contributed by atoms with van der Waals surface area (Å²) in [5, 5.41) is 8.11. The Hall–Kier alpha value is -2.90. The van der Waals surface area contributed by atoms with E-state index in [0.717, 1.165) is 42.5 Å². The standard InChI is InChI=1S/C25H26N4O2S/c30-32(31,17-18-4-2-1-3-5-18)29-23-7-9-25(29)21(13-23)16-28-11-10-20-12-19(6-8-24(20)28)22-14-26-27-15-22/h1-6,8,10-12,14-15,21,23,25H,7,9,13,16-17H2,(H,26,27). The van der Waals surface area contributed by atoms with Crippen LogP contribution in [0, 0.1) is 5.92 Å². The van der Waals surface area contributed by atoms with E-state index >= 15 is 0 Å². The lowest BCUT2D eigenvalue weighted by Gasteiger charge is -2.24. The van der Waals surface area contributed by atoms with Crippen molar-refractivity contribution < 1.29 is 8.42 Å². The summed E-state index contributed by atoms with van der Waals surface area (Å²) in [6.07, 6.45) is 8.77. The Kier molecular flexibility index (Phi) is 4.69. The fourth-order valence-electron chi connectivity index (χ4n) is 5.75. The van der Waals surface area contributed by atoms with Gasteiger partial charge in [0.15, 0.2) is 0 Å². The first-order valence-electron chi connectivity index (χ1n) is 11.2. The summed E-state index contributed by atoms with van der Waals surface area (Å²) in [4.78, 5) is 0. The third-order valence-electron chi connectivity index (χ3n) is 7.15. The summed E-state index contributed by atoms with van der Waals surface area (Å²) in [5.74, 6) is 0.444. The Morgan fingerprint density at radius 2 is 1.91 bits per heavy atom. The summed E-state index contributed by atoms with van der Waals surface area (Å²) in [5.41, 5.74) is 4.27. The van der Waals surface area contributed by atoms with Crippen molar-refractivity contribution >= 4 is 20.9 Å². The van der Waals surface area contributed by atoms with Gasteiger partial charge in [-0.1, -0.05) is 36.4 Å². The fourth-order valence-corrected chi connectivity index (χ4v) is 7.85. The molecule has 2 aliphatic rings. The summed E-state index contributed by atoms with van der Waals surface area (Å²) in [7, 11) is -3.32. The molecule has 2 fully saturated rings. The van der Waals surface area contributed by atoms with Crippen molar-refractivity contribution in [1.82, 2.24) is 19.1 Å². The van der Waals surface area contributed by atoms with E-state index in [1.54, 1.807) is 0 Å². The molecule has 4 heterocycles. The van der Waals surface area contributed by atoms with Crippen molar-refractivity contribution in [2.24, 2.45) is 5.92 Å². The molecule has 2 aromatic carbocycles. The van der Waals surface area contributed by atoms with Gasteiger partial charge in [-0.05, 0) is 54.5 Å². The Morgan fingerprint density at radius 1 is 1.03 bits per heavy atom. The van der Waals surface area contributed by atoms with Crippen LogP contribution in [-0.4, -0.2) is 39.6 Å². The van der Waals surface area contributed by atoms with E-state index < -0.39 is 10.0 Å². The zero-order valence-corrected chi connectivity index (χ0v) is 18.6. The third-order valence-corrected chi connectivity index (χ3v) is 9.06. The molecule has 6 nitrogen and oxygen atoms in total. The Morgan fingerprint density at radius 3 is 2.72 bits per heavy atom. The highest BCUT2D eigenvalue weighted by Gasteiger charge is 2.51. The van der Waals surface area contributed by atoms with E-state index in [4.69, 9.17) is 0 Å². The number of hydrogen-bond donors (Lipinski definition) is 1. The summed E-state index contributed by atoms with van der Waals surface area (Å²) in [6, 6.07) is 18.4. The number of nitrogens with zero attached hydrogens (tertiary/aromatic N) is 3. The van der Waals surface area contributed by atoms with Crippen molar-refractivity contribution in [3.63, 3.8) is 0 Å². The Bertz CT molecular complexity index is 1350. The van der Waals surface area contributed by atoms with Gasteiger partial charge < -0.3 is 4.57 Å². The largest absolute Gasteiger partial charge is 0.347 e. The van der Waals surface area contributed by atoms with Crippen molar-refractivity contribution in [3.8, 4) is 11.1 Å². The maximum atomic E-state index is 13.3. The molecular formula is C25H26N4O2S. The summed E-state index contributed by atoms with van der Waals surface area (Å²) < 4.78 is 30.7. The van der Waals surface area contributed by atoms with Crippen LogP contribution >= 0.6 is 0 Å². The molecule has 2 aliphatic heterocycles. The van der Waals surface area contributed by atoms with E-state index in [-0.39, 0.29) is 17.8 Å². The van der Waals surface area contributed by atoms with Crippen LogP contribution in [0.2, 0.25) is 0 Å². The predicted molar refractivity (Wildman–Crippen MR) is 125 cm³/mol. The minimum Gasteiger partial charge on any atom is -0.347 e. The molecule has 0 spiro atoms. The first kappa shape index (κ1) is 19.8. The van der Waals surface area contributed by atoms with E-state index in [2.05, 4.69) is 45.2 Å². The molecule has 0 aliphatic carbocycles. The lowest BCUT2D eigenvalue weighted by molar-refractivity contribution is 0.329. The molecule has 6 rings (SSSR count). The SMILES string of the molecule is O=S(=O)(Cc1ccccc1)N1C2CCC1C(Cn1ccc3cc(-c4cn[nH]c4)ccc31)C2. The number of H-pyrrole nitrogens is 1. The Labute approximate surface area is 187 Å². The molecular weight excluding hydrogens is 420 g/mol. The molecule has 164 valence electrons. The van der Waals surface area contributed by atoms with Gasteiger partial charge in [-0.3, -0.25) is 5.10 Å². The average Bonchev–Trinajstić information content (AvgIpc) is 3.58. The maximum Gasteiger partial charge on any atom is 0.218 e. The highest BCUT2D eigenvalue weighted by Crippen LogP contribution is 2.45. The lowest BCUT2D eigenvalue weighted by atomic mass is 9.89. The lowest BCUT2D eigenvalue weighted by Crippen LogP contribution is -2.37. The first-order valence-corrected chi connectivity index (χ1v) is 12.8. The van der Waals surface area contributed by atoms with Crippen molar-refractivity contribution in [1.29, 1.82) is 0 Å². The number of benzene rings is 2. The van der Waals surface area contributed by atoms with E-state index in [1.807, 2.05) is 47.0 Å². The van der Waals surface area contributed by atoms with Gasteiger partial charge in [0.1, 0.15) is 0 Å². The van der Waals surface area contributed by atoms with Crippen LogP contribution in [0.4, 0.5) is 0 Å². The van der Waals surface area contributed by atoms with Crippen molar-refractivity contribution in [3.05, 3.63) is 78.8 Å². The number of hydrogen-bond acceptors (Lipinski definition) is 3. The van der Waals surface area contributed by atoms with E-state index in [0.29, 0.717) is 5.92 Å². The quantitative estimate of drug-likeness (QED) is 0.477. The monoisotopic (exact) mass is 446 g/mol. The average molecular weight is 447 g/mol. The van der Waals surface area contributed by atoms with Gasteiger partial charge in [-0.2, -0.15) is 9.40 Å². The van der Waals surface area contributed by atoms with E-state index in [9.17, 15) is 8.42 Å². The number of aromatic nitrogens is 3. The summed E-state index contributed by atoms with van der Waals surface area (Å²) >= 11 is 0. The number of aromatic amines is 1. The number of rotatable bonds is 6. The predicted octanol–water partition coefficient (Wildman–Crippen LogP) is 4.41. The third kappa shape index (κ3) is 3.36. The highest BCUT2D eigenvalue weighted by atomic mass is 32.2. The van der Waals surface area contributed by atoms with Gasteiger partial charge in [0, 0.05) is 47.5 Å². The molecule has 0 saturated carbocycles. The van der Waals surface area contributed by atoms with Crippen LogP contribution < -0.4 is 0 Å². The Balaban J connectivity index is 1.23. The molecule has 2 aromatic heterocycles. The zero-order chi connectivity index (χ0) is 21.7. The van der Waals surface area contributed by atoms with Crippen LogP contribution in [0.5, 0.6) is 0 Å². The molecule has 2 bridgehead atoms. The van der Waals surface area contributed by atoms with Crippen LogP contribution in [0.25, 0.3) is 22.0 Å². The molecule has 32 heavy (non-hydrogen) atoms. The van der Waals surface area contributed by atoms with E-state index in [1.165, 1.54) is 10.9 Å². The molecule has 0 amide bonds. The maximum absolute atomic E-state index is 13.3. The molecule has 3 atom stereocenters. The van der Waals surface area contributed by atoms with Gasteiger partial charge in [0.2, 0.25) is 10.0 Å². The molecule has 0 radical (unpaired) electrons. The minimum absolute atomic E-state index is 0.0940. The van der Waals surface area contributed by atoms with Crippen LogP contribution in [0.1, 0.15) is 24.8 Å². The van der Waals surface area contributed by atoms with Crippen molar-refractivity contribution in [2.75, 3.05) is 0 Å². The molecule has 3 unspecified atom stereocenters. The normalized spacial score (nSPS) is 23.3. The minimum atomic E-state index is -3.32. The molecule has 2 saturated heterocycles. The van der Waals surface area contributed by atoms with Gasteiger partial charge in [-0.25, -0.2) is 8.42 Å². The molecule has 1 N–H and O–H groups in total.